The number of carboxylic acid groups (broad SMARTS) is 1. The summed E-state index contributed by atoms with van der Waals surface area (Å²) in [7, 11) is 0. The Bertz CT molecular complexity index is 414. The quantitative estimate of drug-likeness (QED) is 0.777. The molecule has 94 valence electrons. The van der Waals surface area contributed by atoms with Gasteiger partial charge in [-0.05, 0) is 0 Å². The molecule has 0 unspecified atom stereocenters. The molecule has 0 aliphatic rings. The highest BCUT2D eigenvalue weighted by molar-refractivity contribution is 5.85. The number of carboxylic acids is 1. The molecule has 0 bridgehead atoms. The first-order chi connectivity index (χ1) is 7.83. The largest absolute Gasteiger partial charge is 0.476 e. The summed E-state index contributed by atoms with van der Waals surface area (Å²) >= 11 is 0. The monoisotopic (exact) mass is 253 g/mol. The Hall–Kier alpha value is -1.93. The van der Waals surface area contributed by atoms with Gasteiger partial charge in [0.05, 0.1) is 18.9 Å². The van der Waals surface area contributed by atoms with Gasteiger partial charge in [0.2, 0.25) is 0 Å². The molecule has 0 aliphatic carbocycles. The van der Waals surface area contributed by atoms with Crippen LogP contribution in [0.4, 0.5) is 23.4 Å². The van der Waals surface area contributed by atoms with Crippen LogP contribution in [0.25, 0.3) is 0 Å². The molecule has 9 heteroatoms. The highest BCUT2D eigenvalue weighted by Gasteiger charge is 2.40. The highest BCUT2D eigenvalue weighted by atomic mass is 19.3. The minimum atomic E-state index is -4.22. The number of rotatable bonds is 5. The molecular formula is C8H7F4N3O2. The number of carbonyl (C=O) groups is 1. The predicted molar refractivity (Wildman–Crippen MR) is 48.4 cm³/mol. The van der Waals surface area contributed by atoms with Crippen LogP contribution in [0.2, 0.25) is 0 Å². The third-order valence-electron chi connectivity index (χ3n) is 1.68. The van der Waals surface area contributed by atoms with Gasteiger partial charge in [0.15, 0.2) is 5.69 Å². The molecule has 5 nitrogen and oxygen atoms in total. The third-order valence-corrected chi connectivity index (χ3v) is 1.68. The Morgan fingerprint density at radius 3 is 2.65 bits per heavy atom. The molecular weight excluding hydrogens is 246 g/mol. The summed E-state index contributed by atoms with van der Waals surface area (Å²) < 4.78 is 48.6. The van der Waals surface area contributed by atoms with E-state index in [0.29, 0.717) is 0 Å². The molecule has 1 aromatic heterocycles. The molecule has 0 amide bonds. The van der Waals surface area contributed by atoms with Crippen molar-refractivity contribution in [1.29, 1.82) is 0 Å². The topological polar surface area (TPSA) is 75.1 Å². The number of halogens is 4. The third kappa shape index (κ3) is 3.54. The molecule has 1 aromatic rings. The molecule has 0 saturated carbocycles. The van der Waals surface area contributed by atoms with Crippen molar-refractivity contribution < 1.29 is 27.5 Å². The maximum Gasteiger partial charge on any atom is 0.356 e. The van der Waals surface area contributed by atoms with Crippen LogP contribution in [0.3, 0.4) is 0 Å². The van der Waals surface area contributed by atoms with Gasteiger partial charge in [-0.25, -0.2) is 18.6 Å². The van der Waals surface area contributed by atoms with E-state index in [4.69, 9.17) is 5.11 Å². The Labute approximate surface area is 92.5 Å². The van der Waals surface area contributed by atoms with Gasteiger partial charge in [0.1, 0.15) is 5.82 Å². The summed E-state index contributed by atoms with van der Waals surface area (Å²) in [6.45, 7) is -1.36. The van der Waals surface area contributed by atoms with Crippen molar-refractivity contribution in [2.75, 3.05) is 11.9 Å². The lowest BCUT2D eigenvalue weighted by atomic mass is 10.3. The SMILES string of the molecule is O=C(O)c1cncc(NCC(F)(F)C(F)F)n1. The van der Waals surface area contributed by atoms with Crippen LogP contribution in [0.1, 0.15) is 10.5 Å². The van der Waals surface area contributed by atoms with Gasteiger partial charge >= 0.3 is 18.3 Å². The molecule has 0 saturated heterocycles. The van der Waals surface area contributed by atoms with Gasteiger partial charge in [-0.2, -0.15) is 8.78 Å². The zero-order chi connectivity index (χ0) is 13.1. The Balaban J connectivity index is 2.70. The standard InChI is InChI=1S/C8H7F4N3O2/c9-7(10)8(11,12)3-14-5-2-13-1-4(15-5)6(16)17/h1-2,7H,3H2,(H,14,15)(H,16,17). The number of alkyl halides is 4. The summed E-state index contributed by atoms with van der Waals surface area (Å²) in [5.74, 6) is -5.94. The van der Waals surface area contributed by atoms with Crippen LogP contribution < -0.4 is 5.32 Å². The van der Waals surface area contributed by atoms with Crippen LogP contribution >= 0.6 is 0 Å². The lowest BCUT2D eigenvalue weighted by molar-refractivity contribution is -0.117. The number of nitrogens with zero attached hydrogens (tertiary/aromatic N) is 2. The second-order valence-electron chi connectivity index (χ2n) is 3.01. The van der Waals surface area contributed by atoms with E-state index >= 15 is 0 Å². The van der Waals surface area contributed by atoms with Crippen molar-refractivity contribution >= 4 is 11.8 Å². The maximum atomic E-state index is 12.5. The second-order valence-corrected chi connectivity index (χ2v) is 3.01. The maximum absolute atomic E-state index is 12.5. The molecule has 0 spiro atoms. The van der Waals surface area contributed by atoms with Crippen molar-refractivity contribution in [2.45, 2.75) is 12.3 Å². The minimum Gasteiger partial charge on any atom is -0.476 e. The molecule has 0 aromatic carbocycles. The Morgan fingerprint density at radius 2 is 2.12 bits per heavy atom. The number of aromatic nitrogens is 2. The van der Waals surface area contributed by atoms with Crippen LogP contribution in [0, 0.1) is 0 Å². The molecule has 0 radical (unpaired) electrons. The first kappa shape index (κ1) is 13.1. The summed E-state index contributed by atoms with van der Waals surface area (Å²) in [6, 6.07) is 0. The minimum absolute atomic E-state index is 0.315. The lowest BCUT2D eigenvalue weighted by Crippen LogP contribution is -2.35. The fourth-order valence-corrected chi connectivity index (χ4v) is 0.840. The highest BCUT2D eigenvalue weighted by Crippen LogP contribution is 2.22. The Kier molecular flexibility index (Phi) is 3.81. The van der Waals surface area contributed by atoms with Gasteiger partial charge in [-0.15, -0.1) is 0 Å². The zero-order valence-corrected chi connectivity index (χ0v) is 8.20. The van der Waals surface area contributed by atoms with Gasteiger partial charge in [-0.3, -0.25) is 4.98 Å². The van der Waals surface area contributed by atoms with E-state index < -0.39 is 30.6 Å². The van der Waals surface area contributed by atoms with Gasteiger partial charge in [0.25, 0.3) is 0 Å². The fourth-order valence-electron chi connectivity index (χ4n) is 0.840. The lowest BCUT2D eigenvalue weighted by Gasteiger charge is -2.15. The van der Waals surface area contributed by atoms with Gasteiger partial charge in [0, 0.05) is 0 Å². The summed E-state index contributed by atoms with van der Waals surface area (Å²) in [5, 5.41) is 10.4. The molecule has 1 rings (SSSR count). The molecule has 0 atom stereocenters. The normalized spacial score (nSPS) is 11.6. The van der Waals surface area contributed by atoms with E-state index in [1.54, 1.807) is 0 Å². The Morgan fingerprint density at radius 1 is 1.47 bits per heavy atom. The van der Waals surface area contributed by atoms with E-state index in [9.17, 15) is 22.4 Å². The van der Waals surface area contributed by atoms with Crippen LogP contribution in [-0.2, 0) is 0 Å². The van der Waals surface area contributed by atoms with Crippen molar-refractivity contribution in [3.63, 3.8) is 0 Å². The average Bonchev–Trinajstić information content (AvgIpc) is 2.26. The number of anilines is 1. The number of nitrogens with one attached hydrogen (secondary N) is 1. The molecule has 1 heterocycles. The van der Waals surface area contributed by atoms with Gasteiger partial charge < -0.3 is 10.4 Å². The zero-order valence-electron chi connectivity index (χ0n) is 8.20. The van der Waals surface area contributed by atoms with E-state index in [0.717, 1.165) is 12.4 Å². The van der Waals surface area contributed by atoms with E-state index in [2.05, 4.69) is 9.97 Å². The van der Waals surface area contributed by atoms with Gasteiger partial charge in [-0.1, -0.05) is 0 Å². The molecule has 0 aliphatic heterocycles. The van der Waals surface area contributed by atoms with Crippen molar-refractivity contribution in [3.05, 3.63) is 18.1 Å². The number of hydrogen-bond acceptors (Lipinski definition) is 4. The van der Waals surface area contributed by atoms with Crippen molar-refractivity contribution in [2.24, 2.45) is 0 Å². The first-order valence-electron chi connectivity index (χ1n) is 4.28. The molecule has 17 heavy (non-hydrogen) atoms. The van der Waals surface area contributed by atoms with E-state index in [-0.39, 0.29) is 5.82 Å². The fraction of sp³-hybridized carbons (Fsp3) is 0.375. The summed E-state index contributed by atoms with van der Waals surface area (Å²) in [5.41, 5.74) is -0.477. The van der Waals surface area contributed by atoms with Crippen molar-refractivity contribution in [1.82, 2.24) is 9.97 Å². The predicted octanol–water partition coefficient (Wildman–Crippen LogP) is 1.49. The van der Waals surface area contributed by atoms with Crippen LogP contribution in [0.15, 0.2) is 12.4 Å². The first-order valence-corrected chi connectivity index (χ1v) is 4.28. The summed E-state index contributed by atoms with van der Waals surface area (Å²) in [6.07, 6.45) is -1.96. The molecule has 0 fully saturated rings. The number of hydrogen-bond donors (Lipinski definition) is 2. The number of aromatic carboxylic acids is 1. The van der Waals surface area contributed by atoms with Crippen LogP contribution in [0.5, 0.6) is 0 Å². The van der Waals surface area contributed by atoms with E-state index in [1.165, 1.54) is 0 Å². The summed E-state index contributed by atoms with van der Waals surface area (Å²) in [4.78, 5) is 17.3. The smallest absolute Gasteiger partial charge is 0.356 e. The van der Waals surface area contributed by atoms with Crippen LogP contribution in [-0.4, -0.2) is 39.9 Å². The molecule has 2 N–H and O–H groups in total. The second kappa shape index (κ2) is 4.93. The average molecular weight is 253 g/mol. The van der Waals surface area contributed by atoms with Crippen molar-refractivity contribution in [3.8, 4) is 0 Å². The van der Waals surface area contributed by atoms with E-state index in [1.807, 2.05) is 5.32 Å².